The Morgan fingerprint density at radius 3 is 2.78 bits per heavy atom. The molecule has 2 fully saturated rings. The molecule has 0 amide bonds. The molecule has 1 N–H and O–H groups in total. The molecule has 2 heterocycles. The molecule has 0 bridgehead atoms. The first-order valence-electron chi connectivity index (χ1n) is 9.05. The minimum atomic E-state index is 0.675. The highest BCUT2D eigenvalue weighted by atomic mass is 16.5. The topological polar surface area (TPSA) is 28.3 Å². The van der Waals surface area contributed by atoms with Crippen LogP contribution < -0.4 is 4.74 Å². The summed E-state index contributed by atoms with van der Waals surface area (Å²) >= 11 is 0. The van der Waals surface area contributed by atoms with Crippen molar-refractivity contribution in [1.29, 1.82) is 0 Å². The first-order chi connectivity index (χ1) is 11.2. The molecule has 1 saturated carbocycles. The molecule has 1 unspecified atom stereocenters. The van der Waals surface area contributed by atoms with Gasteiger partial charge in [0.1, 0.15) is 5.75 Å². The summed E-state index contributed by atoms with van der Waals surface area (Å²) < 4.78 is 5.71. The minimum absolute atomic E-state index is 0.675. The number of aromatic nitrogens is 1. The number of piperidine rings is 1. The van der Waals surface area contributed by atoms with Gasteiger partial charge in [-0.25, -0.2) is 0 Å². The second-order valence-corrected chi connectivity index (χ2v) is 7.58. The number of methoxy groups -OCH3 is 1. The van der Waals surface area contributed by atoms with Crippen molar-refractivity contribution in [3.8, 4) is 5.75 Å². The van der Waals surface area contributed by atoms with Gasteiger partial charge in [0.15, 0.2) is 0 Å². The number of rotatable bonds is 4. The van der Waals surface area contributed by atoms with Gasteiger partial charge in [0.25, 0.3) is 0 Å². The van der Waals surface area contributed by atoms with Crippen molar-refractivity contribution in [2.24, 2.45) is 11.8 Å². The van der Waals surface area contributed by atoms with E-state index in [1.165, 1.54) is 54.3 Å². The van der Waals surface area contributed by atoms with E-state index in [-0.39, 0.29) is 0 Å². The number of benzene rings is 1. The molecule has 4 rings (SSSR count). The number of fused-ring (bicyclic) bond motifs is 1. The van der Waals surface area contributed by atoms with E-state index in [1.807, 2.05) is 6.20 Å². The molecule has 1 aliphatic heterocycles. The quantitative estimate of drug-likeness (QED) is 0.900. The van der Waals surface area contributed by atoms with E-state index < -0.39 is 0 Å². The number of hydrogen-bond donors (Lipinski definition) is 1. The monoisotopic (exact) mass is 312 g/mol. The molecule has 124 valence electrons. The first-order valence-corrected chi connectivity index (χ1v) is 9.05. The first kappa shape index (κ1) is 15.1. The summed E-state index contributed by atoms with van der Waals surface area (Å²) in [6, 6.07) is 5.05. The summed E-state index contributed by atoms with van der Waals surface area (Å²) in [5.41, 5.74) is 3.85. The molecule has 0 spiro atoms. The third kappa shape index (κ3) is 2.76. The third-order valence-corrected chi connectivity index (χ3v) is 6.04. The number of aromatic amines is 1. The van der Waals surface area contributed by atoms with Crippen molar-refractivity contribution in [2.75, 3.05) is 13.7 Å². The van der Waals surface area contributed by atoms with Crippen molar-refractivity contribution in [3.05, 3.63) is 29.5 Å². The standard InChI is InChI=1S/C20H28N2O/c1-13-10-19(23-3)18(17-6-8-21-20(13)17)12-22-9-7-16(11-14(22)2)15-4-5-15/h6,8,10,14-16,21H,4-5,7,9,11-12H2,1-3H3/t14-,16?/m1/s1. The van der Waals surface area contributed by atoms with E-state index in [0.29, 0.717) is 6.04 Å². The zero-order chi connectivity index (χ0) is 16.0. The molecule has 3 nitrogen and oxygen atoms in total. The maximum atomic E-state index is 5.71. The zero-order valence-corrected chi connectivity index (χ0v) is 14.6. The lowest BCUT2D eigenvalue weighted by Crippen LogP contribution is -2.40. The van der Waals surface area contributed by atoms with Crippen LogP contribution in [0.25, 0.3) is 10.9 Å². The maximum absolute atomic E-state index is 5.71. The van der Waals surface area contributed by atoms with Crippen molar-refractivity contribution >= 4 is 10.9 Å². The smallest absolute Gasteiger partial charge is 0.124 e. The predicted molar refractivity (Wildman–Crippen MR) is 94.9 cm³/mol. The van der Waals surface area contributed by atoms with Gasteiger partial charge in [-0.15, -0.1) is 0 Å². The molecular weight excluding hydrogens is 284 g/mol. The van der Waals surface area contributed by atoms with Gasteiger partial charge in [-0.3, -0.25) is 4.90 Å². The number of likely N-dealkylation sites (tertiary alicyclic amines) is 1. The fourth-order valence-electron chi connectivity index (χ4n) is 4.47. The Morgan fingerprint density at radius 1 is 1.26 bits per heavy atom. The van der Waals surface area contributed by atoms with Gasteiger partial charge in [0, 0.05) is 35.2 Å². The number of aryl methyl sites for hydroxylation is 1. The van der Waals surface area contributed by atoms with Crippen LogP contribution in [0.2, 0.25) is 0 Å². The zero-order valence-electron chi connectivity index (χ0n) is 14.6. The normalized spacial score (nSPS) is 25.9. The molecule has 0 radical (unpaired) electrons. The Bertz CT molecular complexity index is 701. The fourth-order valence-corrected chi connectivity index (χ4v) is 4.47. The average Bonchev–Trinajstić information content (AvgIpc) is 3.28. The van der Waals surface area contributed by atoms with E-state index in [2.05, 4.69) is 35.9 Å². The van der Waals surface area contributed by atoms with Crippen LogP contribution in [0.5, 0.6) is 5.75 Å². The van der Waals surface area contributed by atoms with Crippen LogP contribution in [-0.2, 0) is 6.54 Å². The number of H-pyrrole nitrogens is 1. The lowest BCUT2D eigenvalue weighted by Gasteiger charge is -2.38. The highest BCUT2D eigenvalue weighted by Gasteiger charge is 2.36. The second-order valence-electron chi connectivity index (χ2n) is 7.58. The largest absolute Gasteiger partial charge is 0.496 e. The molecule has 2 aromatic rings. The van der Waals surface area contributed by atoms with Gasteiger partial charge in [0.2, 0.25) is 0 Å². The van der Waals surface area contributed by atoms with Crippen molar-refractivity contribution in [1.82, 2.24) is 9.88 Å². The lowest BCUT2D eigenvalue weighted by molar-refractivity contribution is 0.107. The number of nitrogens with one attached hydrogen (secondary N) is 1. The van der Waals surface area contributed by atoms with Crippen LogP contribution in [0.1, 0.15) is 43.7 Å². The third-order valence-electron chi connectivity index (χ3n) is 6.04. The van der Waals surface area contributed by atoms with Crippen LogP contribution in [0, 0.1) is 18.8 Å². The highest BCUT2D eigenvalue weighted by molar-refractivity contribution is 5.88. The molecule has 1 aliphatic carbocycles. The minimum Gasteiger partial charge on any atom is -0.496 e. The molecular formula is C20H28N2O. The van der Waals surface area contributed by atoms with E-state index in [4.69, 9.17) is 4.74 Å². The van der Waals surface area contributed by atoms with Gasteiger partial charge in [-0.2, -0.15) is 0 Å². The van der Waals surface area contributed by atoms with Gasteiger partial charge in [-0.1, -0.05) is 0 Å². The highest BCUT2D eigenvalue weighted by Crippen LogP contribution is 2.43. The van der Waals surface area contributed by atoms with E-state index in [1.54, 1.807) is 7.11 Å². The van der Waals surface area contributed by atoms with Gasteiger partial charge in [0.05, 0.1) is 7.11 Å². The molecule has 1 saturated heterocycles. The van der Waals surface area contributed by atoms with E-state index in [9.17, 15) is 0 Å². The average molecular weight is 312 g/mol. The summed E-state index contributed by atoms with van der Waals surface area (Å²) in [5, 5.41) is 1.32. The van der Waals surface area contributed by atoms with Crippen LogP contribution in [-0.4, -0.2) is 29.6 Å². The Hall–Kier alpha value is -1.48. The molecule has 23 heavy (non-hydrogen) atoms. The summed E-state index contributed by atoms with van der Waals surface area (Å²) in [7, 11) is 1.79. The van der Waals surface area contributed by atoms with Gasteiger partial charge < -0.3 is 9.72 Å². The van der Waals surface area contributed by atoms with Crippen molar-refractivity contribution < 1.29 is 4.74 Å². The molecule has 2 atom stereocenters. The Morgan fingerprint density at radius 2 is 2.09 bits per heavy atom. The Kier molecular flexibility index (Phi) is 3.84. The Balaban J connectivity index is 1.59. The molecule has 3 heteroatoms. The second kappa shape index (κ2) is 5.86. The van der Waals surface area contributed by atoms with Crippen LogP contribution in [0.4, 0.5) is 0 Å². The fraction of sp³-hybridized carbons (Fsp3) is 0.600. The molecule has 1 aromatic carbocycles. The predicted octanol–water partition coefficient (Wildman–Crippen LogP) is 4.50. The summed E-state index contributed by atoms with van der Waals surface area (Å²) in [5.74, 6) is 3.06. The number of nitrogens with zero attached hydrogens (tertiary/aromatic N) is 1. The van der Waals surface area contributed by atoms with Crippen LogP contribution in [0.3, 0.4) is 0 Å². The van der Waals surface area contributed by atoms with Crippen molar-refractivity contribution in [3.63, 3.8) is 0 Å². The Labute approximate surface area is 139 Å². The summed E-state index contributed by atoms with van der Waals surface area (Å²) in [6.07, 6.45) is 7.75. The summed E-state index contributed by atoms with van der Waals surface area (Å²) in [4.78, 5) is 6.04. The van der Waals surface area contributed by atoms with E-state index in [0.717, 1.165) is 24.1 Å². The maximum Gasteiger partial charge on any atom is 0.124 e. The number of ether oxygens (including phenoxy) is 1. The summed E-state index contributed by atoms with van der Waals surface area (Å²) in [6.45, 7) is 6.78. The molecule has 1 aromatic heterocycles. The van der Waals surface area contributed by atoms with Crippen LogP contribution in [0.15, 0.2) is 18.3 Å². The van der Waals surface area contributed by atoms with Gasteiger partial charge in [-0.05, 0) is 75.6 Å². The molecule has 2 aliphatic rings. The van der Waals surface area contributed by atoms with Crippen LogP contribution >= 0.6 is 0 Å². The van der Waals surface area contributed by atoms with Gasteiger partial charge >= 0.3 is 0 Å². The van der Waals surface area contributed by atoms with Crippen molar-refractivity contribution in [2.45, 2.75) is 52.1 Å². The lowest BCUT2D eigenvalue weighted by atomic mass is 9.87. The SMILES string of the molecule is COc1cc(C)c2[nH]ccc2c1CN1CCC(C2CC2)C[C@H]1C. The number of hydrogen-bond acceptors (Lipinski definition) is 2. The van der Waals surface area contributed by atoms with E-state index >= 15 is 0 Å².